The van der Waals surface area contributed by atoms with Gasteiger partial charge in [-0.2, -0.15) is 0 Å². The molecule has 0 fully saturated rings. The Morgan fingerprint density at radius 2 is 1.69 bits per heavy atom. The summed E-state index contributed by atoms with van der Waals surface area (Å²) in [5.41, 5.74) is 1.86. The van der Waals surface area contributed by atoms with Gasteiger partial charge in [-0.25, -0.2) is 0 Å². The fourth-order valence-electron chi connectivity index (χ4n) is 3.91. The maximum absolute atomic E-state index is 12.6. The van der Waals surface area contributed by atoms with Crippen LogP contribution < -0.4 is 15.0 Å². The Balaban J connectivity index is 1.42. The van der Waals surface area contributed by atoms with Crippen molar-refractivity contribution in [2.45, 2.75) is 39.2 Å². The molecule has 2 aliphatic rings. The van der Waals surface area contributed by atoms with Gasteiger partial charge in [0.15, 0.2) is 6.10 Å². The Hall–Kier alpha value is -3.68. The number of rotatable bonds is 7. The number of carbonyl (C=O) groups is 4. The monoisotopic (exact) mass is 435 g/mol. The molecular weight excluding hydrogens is 410 g/mol. The average Bonchev–Trinajstić information content (AvgIpc) is 3.03. The van der Waals surface area contributed by atoms with Crippen molar-refractivity contribution in [3.05, 3.63) is 53.6 Å². The van der Waals surface area contributed by atoms with E-state index in [1.807, 2.05) is 0 Å². The molecule has 4 amide bonds. The van der Waals surface area contributed by atoms with E-state index in [0.29, 0.717) is 34.8 Å². The van der Waals surface area contributed by atoms with E-state index in [1.165, 1.54) is 0 Å². The molecule has 0 aliphatic carbocycles. The van der Waals surface area contributed by atoms with Crippen molar-refractivity contribution in [2.75, 3.05) is 23.3 Å². The summed E-state index contributed by atoms with van der Waals surface area (Å²) in [5, 5.41) is 2.79. The molecule has 0 saturated heterocycles. The minimum atomic E-state index is -0.556. The zero-order valence-corrected chi connectivity index (χ0v) is 18.1. The third-order valence-electron chi connectivity index (χ3n) is 5.63. The molecule has 2 aromatic carbocycles. The first-order valence-corrected chi connectivity index (χ1v) is 10.8. The number of hydrogen-bond acceptors (Lipinski definition) is 5. The molecule has 166 valence electrons. The lowest BCUT2D eigenvalue weighted by Crippen LogP contribution is -2.44. The molecule has 0 radical (unpaired) electrons. The van der Waals surface area contributed by atoms with Crippen LogP contribution in [0.5, 0.6) is 5.75 Å². The van der Waals surface area contributed by atoms with Gasteiger partial charge < -0.3 is 15.0 Å². The largest absolute Gasteiger partial charge is 0.479 e. The highest BCUT2D eigenvalue weighted by Crippen LogP contribution is 2.36. The highest BCUT2D eigenvalue weighted by atomic mass is 16.5. The Bertz CT molecular complexity index is 1060. The third kappa shape index (κ3) is 3.95. The molecule has 8 heteroatoms. The SMILES string of the molecule is CCCCN1C(=O)C(C)Oc2ccc(NC(=O)CCN3C(=O)c4ccccc4C3=O)cc21. The molecule has 8 nitrogen and oxygen atoms in total. The summed E-state index contributed by atoms with van der Waals surface area (Å²) in [6, 6.07) is 11.8. The quantitative estimate of drug-likeness (QED) is 0.674. The van der Waals surface area contributed by atoms with Crippen LogP contribution in [0.3, 0.4) is 0 Å². The first-order valence-electron chi connectivity index (χ1n) is 10.8. The number of hydrogen-bond donors (Lipinski definition) is 1. The molecule has 2 aromatic rings. The smallest absolute Gasteiger partial charge is 0.267 e. The fourth-order valence-corrected chi connectivity index (χ4v) is 3.91. The molecule has 1 N–H and O–H groups in total. The number of unbranched alkanes of at least 4 members (excludes halogenated alkanes) is 1. The van der Waals surface area contributed by atoms with Gasteiger partial charge in [0, 0.05) is 25.2 Å². The van der Waals surface area contributed by atoms with Gasteiger partial charge in [-0.3, -0.25) is 24.1 Å². The Morgan fingerprint density at radius 3 is 2.34 bits per heavy atom. The molecule has 0 aromatic heterocycles. The van der Waals surface area contributed by atoms with Crippen molar-refractivity contribution in [1.29, 1.82) is 0 Å². The van der Waals surface area contributed by atoms with Crippen LogP contribution in [-0.4, -0.2) is 47.7 Å². The molecule has 0 spiro atoms. The van der Waals surface area contributed by atoms with Gasteiger partial charge in [-0.1, -0.05) is 25.5 Å². The predicted molar refractivity (Wildman–Crippen MR) is 119 cm³/mol. The van der Waals surface area contributed by atoms with Gasteiger partial charge in [-0.05, 0) is 43.7 Å². The normalized spacial score (nSPS) is 17.2. The first kappa shape index (κ1) is 21.5. The molecule has 0 saturated carbocycles. The number of anilines is 2. The molecular formula is C24H25N3O5. The Morgan fingerprint density at radius 1 is 1.00 bits per heavy atom. The summed E-state index contributed by atoms with van der Waals surface area (Å²) in [6.45, 7) is 4.34. The van der Waals surface area contributed by atoms with Gasteiger partial charge >= 0.3 is 0 Å². The van der Waals surface area contributed by atoms with E-state index >= 15 is 0 Å². The summed E-state index contributed by atoms with van der Waals surface area (Å²) in [5.74, 6) is -0.623. The van der Waals surface area contributed by atoms with Crippen LogP contribution in [0.1, 0.15) is 53.8 Å². The van der Waals surface area contributed by atoms with Crippen LogP contribution in [0.2, 0.25) is 0 Å². The molecule has 2 aliphatic heterocycles. The summed E-state index contributed by atoms with van der Waals surface area (Å²) in [7, 11) is 0. The number of imide groups is 1. The zero-order chi connectivity index (χ0) is 22.8. The maximum atomic E-state index is 12.6. The van der Waals surface area contributed by atoms with E-state index in [4.69, 9.17) is 4.74 Å². The van der Waals surface area contributed by atoms with Crippen molar-refractivity contribution < 1.29 is 23.9 Å². The molecule has 2 heterocycles. The molecule has 4 rings (SSSR count). The molecule has 1 atom stereocenters. The van der Waals surface area contributed by atoms with E-state index in [-0.39, 0.29) is 36.6 Å². The molecule has 32 heavy (non-hydrogen) atoms. The molecule has 1 unspecified atom stereocenters. The number of ether oxygens (including phenoxy) is 1. The Kier molecular flexibility index (Phi) is 5.94. The topological polar surface area (TPSA) is 96.0 Å². The van der Waals surface area contributed by atoms with Gasteiger partial charge in [0.25, 0.3) is 17.7 Å². The number of fused-ring (bicyclic) bond motifs is 2. The zero-order valence-electron chi connectivity index (χ0n) is 18.1. The van der Waals surface area contributed by atoms with Gasteiger partial charge in [0.05, 0.1) is 16.8 Å². The van der Waals surface area contributed by atoms with E-state index in [0.717, 1.165) is 17.7 Å². The number of nitrogens with one attached hydrogen (secondary N) is 1. The second-order valence-electron chi connectivity index (χ2n) is 7.89. The van der Waals surface area contributed by atoms with Gasteiger partial charge in [-0.15, -0.1) is 0 Å². The first-order chi connectivity index (χ1) is 15.4. The average molecular weight is 435 g/mol. The van der Waals surface area contributed by atoms with E-state index in [9.17, 15) is 19.2 Å². The van der Waals surface area contributed by atoms with Crippen LogP contribution in [0.15, 0.2) is 42.5 Å². The highest BCUT2D eigenvalue weighted by Gasteiger charge is 2.35. The number of nitrogens with zero attached hydrogens (tertiary/aromatic N) is 2. The third-order valence-corrected chi connectivity index (χ3v) is 5.63. The minimum Gasteiger partial charge on any atom is -0.479 e. The van der Waals surface area contributed by atoms with Crippen molar-refractivity contribution in [1.82, 2.24) is 4.90 Å². The van der Waals surface area contributed by atoms with Crippen molar-refractivity contribution in [3.8, 4) is 5.75 Å². The number of carbonyl (C=O) groups excluding carboxylic acids is 4. The Labute approximate surface area is 186 Å². The lowest BCUT2D eigenvalue weighted by atomic mass is 10.1. The maximum Gasteiger partial charge on any atom is 0.267 e. The summed E-state index contributed by atoms with van der Waals surface area (Å²) in [6.07, 6.45) is 1.21. The van der Waals surface area contributed by atoms with Crippen LogP contribution in [0.4, 0.5) is 11.4 Å². The van der Waals surface area contributed by atoms with Crippen molar-refractivity contribution in [2.24, 2.45) is 0 Å². The molecule has 0 bridgehead atoms. The lowest BCUT2D eigenvalue weighted by molar-refractivity contribution is -0.125. The van der Waals surface area contributed by atoms with E-state index < -0.39 is 6.10 Å². The lowest BCUT2D eigenvalue weighted by Gasteiger charge is -2.33. The summed E-state index contributed by atoms with van der Waals surface area (Å²) in [4.78, 5) is 52.8. The fraction of sp³-hybridized carbons (Fsp3) is 0.333. The van der Waals surface area contributed by atoms with E-state index in [1.54, 1.807) is 54.3 Å². The highest BCUT2D eigenvalue weighted by molar-refractivity contribution is 6.21. The van der Waals surface area contributed by atoms with Crippen molar-refractivity contribution in [3.63, 3.8) is 0 Å². The van der Waals surface area contributed by atoms with Crippen molar-refractivity contribution >= 4 is 35.0 Å². The standard InChI is InChI=1S/C24H25N3O5/c1-3-4-12-26-19-14-16(9-10-20(19)32-15(2)22(26)29)25-21(28)11-13-27-23(30)17-7-5-6-8-18(17)24(27)31/h5-10,14-15H,3-4,11-13H2,1-2H3,(H,25,28). The summed E-state index contributed by atoms with van der Waals surface area (Å²) < 4.78 is 5.70. The minimum absolute atomic E-state index is 0.00907. The predicted octanol–water partition coefficient (Wildman–Crippen LogP) is 3.23. The van der Waals surface area contributed by atoms with Gasteiger partial charge in [0.1, 0.15) is 5.75 Å². The van der Waals surface area contributed by atoms with Crippen LogP contribution >= 0.6 is 0 Å². The summed E-state index contributed by atoms with van der Waals surface area (Å²) >= 11 is 0. The van der Waals surface area contributed by atoms with Gasteiger partial charge in [0.2, 0.25) is 5.91 Å². The second-order valence-corrected chi connectivity index (χ2v) is 7.89. The van der Waals surface area contributed by atoms with Crippen LogP contribution in [-0.2, 0) is 9.59 Å². The van der Waals surface area contributed by atoms with Crippen LogP contribution in [0, 0.1) is 0 Å². The number of benzene rings is 2. The van der Waals surface area contributed by atoms with Crippen LogP contribution in [0.25, 0.3) is 0 Å². The second kappa shape index (κ2) is 8.82. The van der Waals surface area contributed by atoms with E-state index in [2.05, 4.69) is 12.2 Å². The number of amides is 4.